The van der Waals surface area contributed by atoms with Crippen LogP contribution in [0.1, 0.15) is 52.3 Å². The second-order valence-electron chi connectivity index (χ2n) is 7.89. The van der Waals surface area contributed by atoms with E-state index in [1.807, 2.05) is 32.0 Å². The molecule has 1 atom stereocenters. The Morgan fingerprint density at radius 3 is 2.61 bits per heavy atom. The summed E-state index contributed by atoms with van der Waals surface area (Å²) in [5, 5.41) is 5.88. The summed E-state index contributed by atoms with van der Waals surface area (Å²) in [7, 11) is 0. The van der Waals surface area contributed by atoms with Crippen molar-refractivity contribution in [1.82, 2.24) is 5.32 Å². The Hall–Kier alpha value is -3.54. The Morgan fingerprint density at radius 2 is 1.87 bits per heavy atom. The molecule has 0 fully saturated rings. The predicted octanol–water partition coefficient (Wildman–Crippen LogP) is 4.62. The number of benzene rings is 2. The first-order valence-electron chi connectivity index (χ1n) is 10.7. The summed E-state index contributed by atoms with van der Waals surface area (Å²) in [4.78, 5) is 27.7. The fraction of sp³-hybridized carbons (Fsp3) is 0.280. The second-order valence-corrected chi connectivity index (χ2v) is 7.89. The van der Waals surface area contributed by atoms with Crippen molar-refractivity contribution in [1.29, 1.82) is 0 Å². The number of nitrogens with one attached hydrogen (secondary N) is 2. The Kier molecular flexibility index (Phi) is 6.07. The molecule has 4 rings (SSSR count). The number of rotatable bonds is 6. The summed E-state index contributed by atoms with van der Waals surface area (Å²) >= 11 is 0. The molecule has 0 saturated heterocycles. The van der Waals surface area contributed by atoms with Crippen LogP contribution in [-0.4, -0.2) is 24.4 Å². The number of hydrogen-bond donors (Lipinski definition) is 2. The number of hydrogen-bond acceptors (Lipinski definition) is 4. The molecule has 1 aliphatic heterocycles. The predicted molar refractivity (Wildman–Crippen MR) is 122 cm³/mol. The van der Waals surface area contributed by atoms with E-state index in [0.717, 1.165) is 31.6 Å². The lowest BCUT2D eigenvalue weighted by Crippen LogP contribution is -2.35. The SMILES string of the molecule is CCC(C)NC(=O)c1cc(NC(=O)c2ccco2)ccc1N1CCc2ccccc2C1. The normalized spacial score (nSPS) is 13.9. The van der Waals surface area contributed by atoms with Gasteiger partial charge < -0.3 is 20.0 Å². The van der Waals surface area contributed by atoms with Gasteiger partial charge in [-0.15, -0.1) is 0 Å². The van der Waals surface area contributed by atoms with Gasteiger partial charge in [-0.2, -0.15) is 0 Å². The van der Waals surface area contributed by atoms with Crippen LogP contribution in [0.25, 0.3) is 0 Å². The van der Waals surface area contributed by atoms with E-state index < -0.39 is 0 Å². The maximum Gasteiger partial charge on any atom is 0.291 e. The van der Waals surface area contributed by atoms with Crippen LogP contribution < -0.4 is 15.5 Å². The number of carbonyl (C=O) groups excluding carboxylic acids is 2. The smallest absolute Gasteiger partial charge is 0.291 e. The largest absolute Gasteiger partial charge is 0.459 e. The van der Waals surface area contributed by atoms with E-state index in [9.17, 15) is 9.59 Å². The monoisotopic (exact) mass is 417 g/mol. The first-order chi connectivity index (χ1) is 15.0. The number of carbonyl (C=O) groups is 2. The lowest BCUT2D eigenvalue weighted by atomic mass is 9.98. The van der Waals surface area contributed by atoms with Gasteiger partial charge in [0.25, 0.3) is 11.8 Å². The minimum Gasteiger partial charge on any atom is -0.459 e. The zero-order valence-electron chi connectivity index (χ0n) is 17.9. The molecular weight excluding hydrogens is 390 g/mol. The summed E-state index contributed by atoms with van der Waals surface area (Å²) in [6.07, 6.45) is 3.23. The first kappa shape index (κ1) is 20.7. The average Bonchev–Trinajstić information content (AvgIpc) is 3.34. The molecule has 6 nitrogen and oxygen atoms in total. The molecule has 31 heavy (non-hydrogen) atoms. The molecule has 0 spiro atoms. The zero-order valence-corrected chi connectivity index (χ0v) is 17.9. The fourth-order valence-corrected chi connectivity index (χ4v) is 3.78. The second kappa shape index (κ2) is 9.08. The molecular formula is C25H27N3O3. The minimum atomic E-state index is -0.349. The van der Waals surface area contributed by atoms with E-state index >= 15 is 0 Å². The molecule has 0 aliphatic carbocycles. The Labute approximate surface area is 182 Å². The maximum absolute atomic E-state index is 13.1. The van der Waals surface area contributed by atoms with E-state index in [4.69, 9.17) is 4.42 Å². The van der Waals surface area contributed by atoms with Crippen LogP contribution in [0.15, 0.2) is 65.3 Å². The van der Waals surface area contributed by atoms with Gasteiger partial charge in [-0.3, -0.25) is 9.59 Å². The number of furan rings is 1. The van der Waals surface area contributed by atoms with Crippen molar-refractivity contribution in [3.63, 3.8) is 0 Å². The lowest BCUT2D eigenvalue weighted by Gasteiger charge is -2.32. The van der Waals surface area contributed by atoms with Gasteiger partial charge in [0, 0.05) is 30.5 Å². The van der Waals surface area contributed by atoms with Crippen LogP contribution in [0.4, 0.5) is 11.4 Å². The van der Waals surface area contributed by atoms with Crippen LogP contribution in [0.3, 0.4) is 0 Å². The van der Waals surface area contributed by atoms with Crippen LogP contribution in [-0.2, 0) is 13.0 Å². The van der Waals surface area contributed by atoms with Crippen LogP contribution in [0.2, 0.25) is 0 Å². The fourth-order valence-electron chi connectivity index (χ4n) is 3.78. The van der Waals surface area contributed by atoms with Crippen molar-refractivity contribution in [2.24, 2.45) is 0 Å². The third-order valence-electron chi connectivity index (χ3n) is 5.71. The standard InChI is InChI=1S/C25H27N3O3/c1-3-17(2)26-24(29)21-15-20(27-25(30)23-9-6-14-31-23)10-11-22(21)28-13-12-18-7-4-5-8-19(18)16-28/h4-11,14-15,17H,3,12-13,16H2,1-2H3,(H,26,29)(H,27,30). The van der Waals surface area contributed by atoms with Gasteiger partial charge in [-0.1, -0.05) is 31.2 Å². The van der Waals surface area contributed by atoms with Gasteiger partial charge in [0.15, 0.2) is 5.76 Å². The highest BCUT2D eigenvalue weighted by atomic mass is 16.3. The van der Waals surface area contributed by atoms with Gasteiger partial charge in [0.2, 0.25) is 0 Å². The Balaban J connectivity index is 1.64. The van der Waals surface area contributed by atoms with Gasteiger partial charge in [0.05, 0.1) is 11.8 Å². The van der Waals surface area contributed by atoms with Crippen LogP contribution >= 0.6 is 0 Å². The highest BCUT2D eigenvalue weighted by Gasteiger charge is 2.23. The number of fused-ring (bicyclic) bond motifs is 1. The minimum absolute atomic E-state index is 0.0591. The van der Waals surface area contributed by atoms with Crippen LogP contribution in [0.5, 0.6) is 0 Å². The van der Waals surface area contributed by atoms with Gasteiger partial charge in [-0.05, 0) is 61.2 Å². The van der Waals surface area contributed by atoms with Gasteiger partial charge in [-0.25, -0.2) is 0 Å². The molecule has 0 radical (unpaired) electrons. The lowest BCUT2D eigenvalue weighted by molar-refractivity contribution is 0.0938. The molecule has 2 N–H and O–H groups in total. The third kappa shape index (κ3) is 4.63. The van der Waals surface area contributed by atoms with Crippen molar-refractivity contribution >= 4 is 23.2 Å². The number of nitrogens with zero attached hydrogens (tertiary/aromatic N) is 1. The van der Waals surface area contributed by atoms with Gasteiger partial charge in [0.1, 0.15) is 0 Å². The maximum atomic E-state index is 13.1. The molecule has 2 amide bonds. The van der Waals surface area contributed by atoms with E-state index in [1.165, 1.54) is 17.4 Å². The van der Waals surface area contributed by atoms with Crippen molar-refractivity contribution in [3.05, 3.63) is 83.3 Å². The van der Waals surface area contributed by atoms with Crippen molar-refractivity contribution in [2.75, 3.05) is 16.8 Å². The average molecular weight is 418 g/mol. The molecule has 1 aromatic heterocycles. The van der Waals surface area contributed by atoms with Crippen LogP contribution in [0, 0.1) is 0 Å². The number of amides is 2. The first-order valence-corrected chi connectivity index (χ1v) is 10.7. The number of anilines is 2. The highest BCUT2D eigenvalue weighted by Crippen LogP contribution is 2.30. The Bertz CT molecular complexity index is 1080. The quantitative estimate of drug-likeness (QED) is 0.614. The molecule has 160 valence electrons. The summed E-state index contributed by atoms with van der Waals surface area (Å²) in [6, 6.07) is 17.2. The molecule has 3 aromatic rings. The summed E-state index contributed by atoms with van der Waals surface area (Å²) in [6.45, 7) is 5.60. The van der Waals surface area contributed by atoms with E-state index in [-0.39, 0.29) is 23.6 Å². The van der Waals surface area contributed by atoms with Gasteiger partial charge >= 0.3 is 0 Å². The molecule has 1 unspecified atom stereocenters. The molecule has 0 bridgehead atoms. The molecule has 0 saturated carbocycles. The topological polar surface area (TPSA) is 74.6 Å². The van der Waals surface area contributed by atoms with E-state index in [2.05, 4.69) is 33.7 Å². The van der Waals surface area contributed by atoms with Crippen molar-refractivity contribution in [2.45, 2.75) is 39.3 Å². The third-order valence-corrected chi connectivity index (χ3v) is 5.71. The molecule has 6 heteroatoms. The van der Waals surface area contributed by atoms with Crippen molar-refractivity contribution in [3.8, 4) is 0 Å². The molecule has 1 aliphatic rings. The Morgan fingerprint density at radius 1 is 1.06 bits per heavy atom. The highest BCUT2D eigenvalue weighted by molar-refractivity contribution is 6.05. The zero-order chi connectivity index (χ0) is 21.8. The van der Waals surface area contributed by atoms with Crippen molar-refractivity contribution < 1.29 is 14.0 Å². The summed E-state index contributed by atoms with van der Waals surface area (Å²) < 4.78 is 5.17. The van der Waals surface area contributed by atoms with E-state index in [0.29, 0.717) is 11.3 Å². The summed E-state index contributed by atoms with van der Waals surface area (Å²) in [5.74, 6) is -0.266. The molecule has 2 heterocycles. The molecule has 2 aromatic carbocycles. The summed E-state index contributed by atoms with van der Waals surface area (Å²) in [5.41, 5.74) is 4.60. The van der Waals surface area contributed by atoms with E-state index in [1.54, 1.807) is 18.2 Å².